The lowest BCUT2D eigenvalue weighted by atomic mass is 9.97. The number of hydrogen-bond donors (Lipinski definition) is 0. The Balaban J connectivity index is 1.28. The number of carbonyl (C=O) groups is 2. The fraction of sp³-hybridized carbons (Fsp3) is 0.152. The highest BCUT2D eigenvalue weighted by atomic mass is 35.5. The normalized spacial score (nSPS) is 16.0. The minimum absolute atomic E-state index is 0.00242. The van der Waals surface area contributed by atoms with E-state index < -0.39 is 0 Å². The molecule has 0 N–H and O–H groups in total. The lowest BCUT2D eigenvalue weighted by molar-refractivity contribution is -0.119. The van der Waals surface area contributed by atoms with Crippen molar-refractivity contribution >= 4 is 39.9 Å². The zero-order valence-electron chi connectivity index (χ0n) is 21.2. The number of fused-ring (bicyclic) bond motifs is 4. The van der Waals surface area contributed by atoms with Gasteiger partial charge in [-0.1, -0.05) is 66.2 Å². The molecule has 0 bridgehead atoms. The van der Waals surface area contributed by atoms with Crippen molar-refractivity contribution in [3.05, 3.63) is 131 Å². The zero-order chi connectivity index (χ0) is 26.5. The Labute approximate surface area is 231 Å². The summed E-state index contributed by atoms with van der Waals surface area (Å²) in [4.78, 5) is 31.8. The summed E-state index contributed by atoms with van der Waals surface area (Å²) in [6.07, 6.45) is 3.83. The van der Waals surface area contributed by atoms with E-state index in [-0.39, 0.29) is 30.4 Å². The number of hydrogen-bond acceptors (Lipinski definition) is 2. The molecule has 0 radical (unpaired) electrons. The van der Waals surface area contributed by atoms with Gasteiger partial charge in [0.05, 0.1) is 17.1 Å². The molecule has 2 heterocycles. The monoisotopic (exact) mass is 531 g/mol. The number of para-hydroxylation sites is 2. The molecule has 0 saturated heterocycles. The molecular weight excluding hydrogens is 506 g/mol. The summed E-state index contributed by atoms with van der Waals surface area (Å²) in [5.74, 6) is -0.231. The maximum atomic E-state index is 14.3. The predicted molar refractivity (Wildman–Crippen MR) is 155 cm³/mol. The molecule has 5 nitrogen and oxygen atoms in total. The van der Waals surface area contributed by atoms with Crippen LogP contribution in [0.4, 0.5) is 5.69 Å². The van der Waals surface area contributed by atoms with Gasteiger partial charge in [0.2, 0.25) is 5.91 Å². The van der Waals surface area contributed by atoms with Crippen molar-refractivity contribution in [1.29, 1.82) is 0 Å². The van der Waals surface area contributed by atoms with Crippen LogP contribution in [0, 0.1) is 0 Å². The van der Waals surface area contributed by atoms with Crippen LogP contribution < -0.4 is 4.90 Å². The number of rotatable bonds is 5. The molecule has 2 aliphatic rings. The van der Waals surface area contributed by atoms with Crippen LogP contribution in [0.5, 0.6) is 0 Å². The van der Waals surface area contributed by atoms with E-state index in [4.69, 9.17) is 11.6 Å². The number of carbonyl (C=O) groups excluding carboxylic acids is 2. The molecule has 1 fully saturated rings. The maximum absolute atomic E-state index is 14.3. The van der Waals surface area contributed by atoms with E-state index in [0.717, 1.165) is 46.2 Å². The number of aromatic nitrogens is 1. The molecule has 6 heteroatoms. The van der Waals surface area contributed by atoms with Gasteiger partial charge in [0.1, 0.15) is 12.6 Å². The van der Waals surface area contributed by atoms with Gasteiger partial charge in [-0.25, -0.2) is 0 Å². The summed E-state index contributed by atoms with van der Waals surface area (Å²) in [6, 6.07) is 33.1. The highest BCUT2D eigenvalue weighted by Crippen LogP contribution is 2.43. The van der Waals surface area contributed by atoms with Crippen molar-refractivity contribution in [3.63, 3.8) is 0 Å². The van der Waals surface area contributed by atoms with Gasteiger partial charge in [-0.15, -0.1) is 0 Å². The molecule has 1 unspecified atom stereocenters. The van der Waals surface area contributed by atoms with Crippen molar-refractivity contribution in [2.75, 3.05) is 11.4 Å². The van der Waals surface area contributed by atoms with Gasteiger partial charge in [0.15, 0.2) is 0 Å². The van der Waals surface area contributed by atoms with Gasteiger partial charge >= 0.3 is 0 Å². The van der Waals surface area contributed by atoms with Crippen molar-refractivity contribution in [2.24, 2.45) is 0 Å². The summed E-state index contributed by atoms with van der Waals surface area (Å²) in [5, 5.41) is 2.71. The van der Waals surface area contributed by atoms with Crippen molar-refractivity contribution in [1.82, 2.24) is 9.47 Å². The Morgan fingerprint density at radius 2 is 1.56 bits per heavy atom. The molecule has 4 aromatic carbocycles. The molecule has 7 rings (SSSR count). The third kappa shape index (κ3) is 4.19. The van der Waals surface area contributed by atoms with E-state index in [9.17, 15) is 9.59 Å². The molecular formula is C33H26ClN3O2. The van der Waals surface area contributed by atoms with Gasteiger partial charge in [0, 0.05) is 22.8 Å². The SMILES string of the molecule is O=C(c1ccc2ccccc2c1)N(CC(=O)N1c2ccccc2-n2cccc2C1c1cccc(Cl)c1)C1CC1. The molecule has 5 aromatic rings. The molecule has 1 aromatic heterocycles. The van der Waals surface area contributed by atoms with Gasteiger partial charge < -0.3 is 9.47 Å². The third-order valence-corrected chi connectivity index (χ3v) is 7.94. The van der Waals surface area contributed by atoms with Crippen molar-refractivity contribution in [2.45, 2.75) is 24.9 Å². The van der Waals surface area contributed by atoms with Crippen LogP contribution in [-0.4, -0.2) is 33.9 Å². The van der Waals surface area contributed by atoms with E-state index in [2.05, 4.69) is 4.57 Å². The average Bonchev–Trinajstić information content (AvgIpc) is 3.69. The second-order valence-corrected chi connectivity index (χ2v) is 10.7. The summed E-state index contributed by atoms with van der Waals surface area (Å²) in [6.45, 7) is 0.00242. The average molecular weight is 532 g/mol. The van der Waals surface area contributed by atoms with E-state index in [1.807, 2.05) is 114 Å². The Morgan fingerprint density at radius 3 is 2.36 bits per heavy atom. The van der Waals surface area contributed by atoms with Crippen LogP contribution in [-0.2, 0) is 4.79 Å². The molecule has 1 atom stereocenters. The van der Waals surface area contributed by atoms with E-state index >= 15 is 0 Å². The maximum Gasteiger partial charge on any atom is 0.254 e. The summed E-state index contributed by atoms with van der Waals surface area (Å²) in [7, 11) is 0. The second-order valence-electron chi connectivity index (χ2n) is 10.2. The summed E-state index contributed by atoms with van der Waals surface area (Å²) >= 11 is 6.41. The molecule has 2 amide bonds. The topological polar surface area (TPSA) is 45.6 Å². The fourth-order valence-corrected chi connectivity index (χ4v) is 5.92. The smallest absolute Gasteiger partial charge is 0.254 e. The predicted octanol–water partition coefficient (Wildman–Crippen LogP) is 7.02. The van der Waals surface area contributed by atoms with Crippen LogP contribution in [0.2, 0.25) is 5.02 Å². The first-order valence-electron chi connectivity index (χ1n) is 13.2. The third-order valence-electron chi connectivity index (χ3n) is 7.70. The van der Waals surface area contributed by atoms with Crippen LogP contribution in [0.1, 0.15) is 40.5 Å². The zero-order valence-corrected chi connectivity index (χ0v) is 22.0. The lowest BCUT2D eigenvalue weighted by Crippen LogP contribution is -2.47. The van der Waals surface area contributed by atoms with E-state index in [0.29, 0.717) is 10.6 Å². The number of nitrogens with zero attached hydrogens (tertiary/aromatic N) is 3. The van der Waals surface area contributed by atoms with Crippen LogP contribution >= 0.6 is 11.6 Å². The first-order valence-corrected chi connectivity index (χ1v) is 13.6. The molecule has 0 spiro atoms. The number of halogens is 1. The summed E-state index contributed by atoms with van der Waals surface area (Å²) < 4.78 is 2.13. The molecule has 1 aliphatic carbocycles. The van der Waals surface area contributed by atoms with Crippen LogP contribution in [0.15, 0.2) is 109 Å². The number of benzene rings is 4. The summed E-state index contributed by atoms with van der Waals surface area (Å²) in [5.41, 5.74) is 4.24. The first kappa shape index (κ1) is 23.7. The number of amides is 2. The van der Waals surface area contributed by atoms with Crippen LogP contribution in [0.25, 0.3) is 16.5 Å². The quantitative estimate of drug-likeness (QED) is 0.244. The highest BCUT2D eigenvalue weighted by molar-refractivity contribution is 6.30. The molecule has 192 valence electrons. The number of anilines is 1. The Morgan fingerprint density at radius 1 is 0.795 bits per heavy atom. The Bertz CT molecular complexity index is 1740. The lowest BCUT2D eigenvalue weighted by Gasteiger charge is -2.39. The Kier molecular flexibility index (Phi) is 5.75. The van der Waals surface area contributed by atoms with Gasteiger partial charge in [0.25, 0.3) is 5.91 Å². The van der Waals surface area contributed by atoms with Gasteiger partial charge in [-0.05, 0) is 77.7 Å². The van der Waals surface area contributed by atoms with Crippen LogP contribution in [0.3, 0.4) is 0 Å². The molecule has 39 heavy (non-hydrogen) atoms. The minimum Gasteiger partial charge on any atom is -0.326 e. The molecule has 1 aliphatic heterocycles. The highest BCUT2D eigenvalue weighted by Gasteiger charge is 2.40. The fourth-order valence-electron chi connectivity index (χ4n) is 5.72. The Hall–Kier alpha value is -4.35. The molecule has 1 saturated carbocycles. The van der Waals surface area contributed by atoms with Gasteiger partial charge in [-0.3, -0.25) is 14.5 Å². The van der Waals surface area contributed by atoms with Crippen molar-refractivity contribution in [3.8, 4) is 5.69 Å². The van der Waals surface area contributed by atoms with Gasteiger partial charge in [-0.2, -0.15) is 0 Å². The second kappa shape index (κ2) is 9.44. The van der Waals surface area contributed by atoms with Crippen molar-refractivity contribution < 1.29 is 9.59 Å². The largest absolute Gasteiger partial charge is 0.326 e. The van der Waals surface area contributed by atoms with E-state index in [1.165, 1.54) is 0 Å². The first-order chi connectivity index (χ1) is 19.1. The van der Waals surface area contributed by atoms with E-state index in [1.54, 1.807) is 4.90 Å². The minimum atomic E-state index is -0.377. The standard InChI is InChI=1S/C33H26ClN3O2/c34-26-10-5-9-24(20-26)32-30-13-6-18-35(30)28-11-3-4-12-29(28)37(32)31(38)21-36(27-16-17-27)33(39)25-15-14-22-7-1-2-8-23(22)19-25/h1-15,18-20,27,32H,16-17,21H2.